The molecule has 33 heavy (non-hydrogen) atoms. The van der Waals surface area contributed by atoms with E-state index < -0.39 is 11.9 Å². The van der Waals surface area contributed by atoms with Crippen LogP contribution in [0.3, 0.4) is 0 Å². The zero-order valence-electron chi connectivity index (χ0n) is 21.7. The SMILES string of the molecule is CCCCCCCCCCCCCCCC=CCC(CC(=O)OC1CCC(C)CC1)C(=O)O. The summed E-state index contributed by atoms with van der Waals surface area (Å²) in [6, 6.07) is 0. The van der Waals surface area contributed by atoms with Crippen LogP contribution in [0.25, 0.3) is 0 Å². The third-order valence-electron chi connectivity index (χ3n) is 7.08. The monoisotopic (exact) mass is 464 g/mol. The summed E-state index contributed by atoms with van der Waals surface area (Å²) in [5.41, 5.74) is 0. The molecule has 1 aliphatic rings. The van der Waals surface area contributed by atoms with Crippen molar-refractivity contribution in [2.24, 2.45) is 11.8 Å². The summed E-state index contributed by atoms with van der Waals surface area (Å²) in [5.74, 6) is -1.24. The molecule has 1 rings (SSSR count). The number of ether oxygens (including phenoxy) is 1. The predicted octanol–water partition coefficient (Wildman–Crippen LogP) is 8.63. The van der Waals surface area contributed by atoms with Gasteiger partial charge in [-0.3, -0.25) is 9.59 Å². The number of carboxylic acid groups (broad SMARTS) is 1. The van der Waals surface area contributed by atoms with E-state index >= 15 is 0 Å². The number of hydrogen-bond donors (Lipinski definition) is 1. The molecule has 4 heteroatoms. The normalized spacial score (nSPS) is 19.6. The molecule has 0 aromatic rings. The maximum Gasteiger partial charge on any atom is 0.307 e. The van der Waals surface area contributed by atoms with Crippen molar-refractivity contribution in [1.82, 2.24) is 0 Å². The highest BCUT2D eigenvalue weighted by atomic mass is 16.5. The summed E-state index contributed by atoms with van der Waals surface area (Å²) in [4.78, 5) is 23.7. The zero-order chi connectivity index (χ0) is 24.2. The summed E-state index contributed by atoms with van der Waals surface area (Å²) >= 11 is 0. The lowest BCUT2D eigenvalue weighted by molar-refractivity contribution is -0.156. The third kappa shape index (κ3) is 16.9. The van der Waals surface area contributed by atoms with E-state index in [0.29, 0.717) is 12.3 Å². The van der Waals surface area contributed by atoms with E-state index in [1.54, 1.807) is 0 Å². The summed E-state index contributed by atoms with van der Waals surface area (Å²) < 4.78 is 5.53. The van der Waals surface area contributed by atoms with Crippen LogP contribution in [0.2, 0.25) is 0 Å². The average molecular weight is 465 g/mol. The van der Waals surface area contributed by atoms with Gasteiger partial charge in [0.25, 0.3) is 0 Å². The van der Waals surface area contributed by atoms with E-state index in [2.05, 4.69) is 19.9 Å². The number of unbranched alkanes of at least 4 members (excludes halogenated alkanes) is 13. The minimum atomic E-state index is -0.908. The maximum atomic E-state index is 12.2. The third-order valence-corrected chi connectivity index (χ3v) is 7.08. The molecule has 1 atom stereocenters. The van der Waals surface area contributed by atoms with Gasteiger partial charge in [-0.15, -0.1) is 0 Å². The van der Waals surface area contributed by atoms with Crippen LogP contribution in [-0.2, 0) is 14.3 Å². The van der Waals surface area contributed by atoms with Crippen molar-refractivity contribution in [3.05, 3.63) is 12.2 Å². The Morgan fingerprint density at radius 2 is 1.33 bits per heavy atom. The Morgan fingerprint density at radius 3 is 1.85 bits per heavy atom. The number of esters is 1. The van der Waals surface area contributed by atoms with Crippen LogP contribution < -0.4 is 0 Å². The van der Waals surface area contributed by atoms with E-state index in [4.69, 9.17) is 4.74 Å². The van der Waals surface area contributed by atoms with Gasteiger partial charge in [-0.2, -0.15) is 0 Å². The lowest BCUT2D eigenvalue weighted by atomic mass is 9.89. The van der Waals surface area contributed by atoms with Crippen LogP contribution in [0.5, 0.6) is 0 Å². The molecule has 1 fully saturated rings. The lowest BCUT2D eigenvalue weighted by Gasteiger charge is -2.26. The Kier molecular flexibility index (Phi) is 18.1. The number of carbonyl (C=O) groups is 2. The smallest absolute Gasteiger partial charge is 0.307 e. The van der Waals surface area contributed by atoms with E-state index in [0.717, 1.165) is 38.5 Å². The highest BCUT2D eigenvalue weighted by Crippen LogP contribution is 2.26. The fourth-order valence-electron chi connectivity index (χ4n) is 4.71. The molecule has 1 saturated carbocycles. The molecule has 192 valence electrons. The molecule has 0 aliphatic heterocycles. The van der Waals surface area contributed by atoms with Crippen LogP contribution >= 0.6 is 0 Å². The molecule has 0 bridgehead atoms. The standard InChI is InChI=1S/C29H52O4/c1-3-4-5-6-7-8-9-10-11-12-13-14-15-16-17-18-19-26(29(31)32)24-28(30)33-27-22-20-25(2)21-23-27/h17-18,25-27H,3-16,19-24H2,1-2H3,(H,31,32). The Labute approximate surface area is 203 Å². The van der Waals surface area contributed by atoms with Gasteiger partial charge in [0.15, 0.2) is 0 Å². The van der Waals surface area contributed by atoms with E-state index in [1.807, 2.05) is 6.08 Å². The molecule has 0 spiro atoms. The van der Waals surface area contributed by atoms with Crippen molar-refractivity contribution in [2.45, 2.75) is 148 Å². The second-order valence-corrected chi connectivity index (χ2v) is 10.3. The van der Waals surface area contributed by atoms with Crippen LogP contribution in [0.15, 0.2) is 12.2 Å². The second-order valence-electron chi connectivity index (χ2n) is 10.3. The quantitative estimate of drug-likeness (QED) is 0.111. The number of hydrogen-bond acceptors (Lipinski definition) is 3. The van der Waals surface area contributed by atoms with Gasteiger partial charge in [0.1, 0.15) is 6.10 Å². The molecule has 0 saturated heterocycles. The fraction of sp³-hybridized carbons (Fsp3) is 0.862. The molecule has 1 aliphatic carbocycles. The number of rotatable bonds is 20. The molecular weight excluding hydrogens is 412 g/mol. The molecule has 0 radical (unpaired) electrons. The Balaban J connectivity index is 2.00. The van der Waals surface area contributed by atoms with E-state index in [9.17, 15) is 14.7 Å². The van der Waals surface area contributed by atoms with E-state index in [1.165, 1.54) is 77.0 Å². The summed E-state index contributed by atoms with van der Waals surface area (Å²) in [6.45, 7) is 4.49. The first-order valence-corrected chi connectivity index (χ1v) is 14.1. The first-order valence-electron chi connectivity index (χ1n) is 14.1. The van der Waals surface area contributed by atoms with Gasteiger partial charge in [-0.25, -0.2) is 0 Å². The van der Waals surface area contributed by atoms with Gasteiger partial charge in [0.2, 0.25) is 0 Å². The zero-order valence-corrected chi connectivity index (χ0v) is 21.7. The van der Waals surface area contributed by atoms with Gasteiger partial charge in [-0.1, -0.05) is 103 Å². The van der Waals surface area contributed by atoms with Crippen molar-refractivity contribution in [1.29, 1.82) is 0 Å². The lowest BCUT2D eigenvalue weighted by Crippen LogP contribution is -2.26. The first-order chi connectivity index (χ1) is 16.0. The number of allylic oxidation sites excluding steroid dienone is 2. The maximum absolute atomic E-state index is 12.2. The summed E-state index contributed by atoms with van der Waals surface area (Å²) in [6.07, 6.45) is 26.9. The summed E-state index contributed by atoms with van der Waals surface area (Å²) in [7, 11) is 0. The molecule has 0 aromatic heterocycles. The highest BCUT2D eigenvalue weighted by Gasteiger charge is 2.25. The predicted molar refractivity (Wildman–Crippen MR) is 137 cm³/mol. The Morgan fingerprint density at radius 1 is 0.818 bits per heavy atom. The van der Waals surface area contributed by atoms with Gasteiger partial charge in [0.05, 0.1) is 12.3 Å². The number of aliphatic carboxylic acids is 1. The molecule has 1 N–H and O–H groups in total. The average Bonchev–Trinajstić information content (AvgIpc) is 2.79. The number of carbonyl (C=O) groups excluding carboxylic acids is 1. The van der Waals surface area contributed by atoms with Crippen LogP contribution in [-0.4, -0.2) is 23.1 Å². The Hall–Kier alpha value is -1.32. The van der Waals surface area contributed by atoms with Crippen molar-refractivity contribution < 1.29 is 19.4 Å². The van der Waals surface area contributed by atoms with Crippen molar-refractivity contribution >= 4 is 11.9 Å². The molecule has 0 amide bonds. The van der Waals surface area contributed by atoms with Crippen LogP contribution in [0.4, 0.5) is 0 Å². The largest absolute Gasteiger partial charge is 0.481 e. The van der Waals surface area contributed by atoms with Crippen molar-refractivity contribution in [3.8, 4) is 0 Å². The van der Waals surface area contributed by atoms with Crippen molar-refractivity contribution in [3.63, 3.8) is 0 Å². The molecule has 4 nitrogen and oxygen atoms in total. The summed E-state index contributed by atoms with van der Waals surface area (Å²) in [5, 5.41) is 9.45. The first kappa shape index (κ1) is 29.7. The van der Waals surface area contributed by atoms with Crippen LogP contribution in [0.1, 0.15) is 142 Å². The fourth-order valence-corrected chi connectivity index (χ4v) is 4.71. The van der Waals surface area contributed by atoms with Gasteiger partial charge in [-0.05, 0) is 50.9 Å². The minimum absolute atomic E-state index is 0.0192. The molecule has 0 aromatic carbocycles. The van der Waals surface area contributed by atoms with Crippen LogP contribution in [0, 0.1) is 11.8 Å². The molecular formula is C29H52O4. The second kappa shape index (κ2) is 20.1. The minimum Gasteiger partial charge on any atom is -0.481 e. The topological polar surface area (TPSA) is 63.6 Å². The molecule has 1 unspecified atom stereocenters. The van der Waals surface area contributed by atoms with Crippen molar-refractivity contribution in [2.75, 3.05) is 0 Å². The Bertz CT molecular complexity index is 520. The van der Waals surface area contributed by atoms with E-state index in [-0.39, 0.29) is 18.5 Å². The van der Waals surface area contributed by atoms with Gasteiger partial charge >= 0.3 is 11.9 Å². The highest BCUT2D eigenvalue weighted by molar-refractivity contribution is 5.79. The molecule has 0 heterocycles. The number of carboxylic acids is 1. The van der Waals surface area contributed by atoms with Gasteiger partial charge in [0, 0.05) is 0 Å². The van der Waals surface area contributed by atoms with Gasteiger partial charge < -0.3 is 9.84 Å².